The van der Waals surface area contributed by atoms with Gasteiger partial charge in [-0.1, -0.05) is 23.4 Å². The van der Waals surface area contributed by atoms with Crippen molar-refractivity contribution in [1.82, 2.24) is 10.1 Å². The van der Waals surface area contributed by atoms with Crippen LogP contribution in [-0.2, 0) is 0 Å². The molecule has 0 saturated heterocycles. The summed E-state index contributed by atoms with van der Waals surface area (Å²) < 4.78 is 10.9. The first kappa shape index (κ1) is 10.8. The summed E-state index contributed by atoms with van der Waals surface area (Å²) in [7, 11) is 0. The van der Waals surface area contributed by atoms with Gasteiger partial charge in [0.1, 0.15) is 5.75 Å². The highest BCUT2D eigenvalue weighted by atomic mass is 16.5. The highest BCUT2D eigenvalue weighted by molar-refractivity contribution is 5.41. The van der Waals surface area contributed by atoms with Gasteiger partial charge in [-0.2, -0.15) is 4.98 Å². The number of anilines is 1. The molecule has 1 atom stereocenters. The second-order valence-corrected chi connectivity index (χ2v) is 5.10. The molecule has 1 aromatic carbocycles. The SMILES string of the molecule is c1ccc2c(c1)OCCC2c1noc(NC2CC2)n1. The molecule has 1 N–H and O–H groups in total. The molecule has 19 heavy (non-hydrogen) atoms. The zero-order chi connectivity index (χ0) is 12.7. The van der Waals surface area contributed by atoms with Crippen LogP contribution in [0.25, 0.3) is 0 Å². The van der Waals surface area contributed by atoms with Gasteiger partial charge in [0.2, 0.25) is 0 Å². The van der Waals surface area contributed by atoms with Crippen molar-refractivity contribution in [2.24, 2.45) is 0 Å². The fourth-order valence-corrected chi connectivity index (χ4v) is 2.45. The molecule has 2 heterocycles. The molecule has 1 aromatic heterocycles. The van der Waals surface area contributed by atoms with Crippen molar-refractivity contribution in [3.8, 4) is 5.75 Å². The smallest absolute Gasteiger partial charge is 0.321 e. The molecule has 0 radical (unpaired) electrons. The standard InChI is InChI=1S/C14H15N3O2/c1-2-4-12-10(3-1)11(7-8-18-12)13-16-14(19-17-13)15-9-5-6-9/h1-4,9,11H,5-8H2,(H,15,16,17). The average Bonchev–Trinajstić information content (AvgIpc) is 3.14. The summed E-state index contributed by atoms with van der Waals surface area (Å²) >= 11 is 0. The van der Waals surface area contributed by atoms with Crippen LogP contribution in [0.1, 0.15) is 36.6 Å². The maximum Gasteiger partial charge on any atom is 0.321 e. The van der Waals surface area contributed by atoms with E-state index in [1.165, 1.54) is 12.8 Å². The number of nitrogens with one attached hydrogen (secondary N) is 1. The molecule has 0 spiro atoms. The maximum absolute atomic E-state index is 5.65. The normalized spacial score (nSPS) is 21.6. The highest BCUT2D eigenvalue weighted by Crippen LogP contribution is 2.37. The van der Waals surface area contributed by atoms with E-state index in [0.717, 1.165) is 23.6 Å². The van der Waals surface area contributed by atoms with Gasteiger partial charge in [0, 0.05) is 11.6 Å². The van der Waals surface area contributed by atoms with Crippen molar-refractivity contribution in [1.29, 1.82) is 0 Å². The number of fused-ring (bicyclic) bond motifs is 1. The minimum atomic E-state index is 0.170. The molecule has 1 aliphatic carbocycles. The lowest BCUT2D eigenvalue weighted by molar-refractivity contribution is 0.272. The fraction of sp³-hybridized carbons (Fsp3) is 0.429. The quantitative estimate of drug-likeness (QED) is 0.915. The maximum atomic E-state index is 5.65. The van der Waals surface area contributed by atoms with Crippen molar-refractivity contribution in [3.63, 3.8) is 0 Å². The molecule has 2 aromatic rings. The third-order valence-corrected chi connectivity index (χ3v) is 3.62. The van der Waals surface area contributed by atoms with Crippen LogP contribution in [0.4, 0.5) is 6.01 Å². The van der Waals surface area contributed by atoms with Gasteiger partial charge < -0.3 is 14.6 Å². The summed E-state index contributed by atoms with van der Waals surface area (Å²) in [4.78, 5) is 4.47. The van der Waals surface area contributed by atoms with E-state index in [0.29, 0.717) is 18.7 Å². The second kappa shape index (κ2) is 4.26. The van der Waals surface area contributed by atoms with Crippen molar-refractivity contribution in [2.45, 2.75) is 31.2 Å². The van der Waals surface area contributed by atoms with Gasteiger partial charge in [-0.15, -0.1) is 0 Å². The molecule has 0 bridgehead atoms. The molecule has 0 amide bonds. The number of para-hydroxylation sites is 1. The van der Waals surface area contributed by atoms with Crippen LogP contribution in [-0.4, -0.2) is 22.8 Å². The molecule has 1 fully saturated rings. The first-order valence-corrected chi connectivity index (χ1v) is 6.72. The molecular weight excluding hydrogens is 242 g/mol. The molecule has 5 heteroatoms. The number of benzene rings is 1. The Hall–Kier alpha value is -2.04. The van der Waals surface area contributed by atoms with Gasteiger partial charge in [0.15, 0.2) is 5.82 Å². The monoisotopic (exact) mass is 257 g/mol. The first-order chi connectivity index (χ1) is 9.40. The van der Waals surface area contributed by atoms with E-state index in [1.807, 2.05) is 18.2 Å². The Morgan fingerprint density at radius 2 is 2.05 bits per heavy atom. The van der Waals surface area contributed by atoms with Gasteiger partial charge in [-0.05, 0) is 25.3 Å². The lowest BCUT2D eigenvalue weighted by atomic mass is 9.92. The zero-order valence-electron chi connectivity index (χ0n) is 10.5. The number of nitrogens with zero attached hydrogens (tertiary/aromatic N) is 2. The molecular formula is C14H15N3O2. The van der Waals surface area contributed by atoms with E-state index in [-0.39, 0.29) is 5.92 Å². The van der Waals surface area contributed by atoms with Crippen LogP contribution < -0.4 is 10.1 Å². The minimum absolute atomic E-state index is 0.170. The van der Waals surface area contributed by atoms with E-state index in [1.54, 1.807) is 0 Å². The second-order valence-electron chi connectivity index (χ2n) is 5.10. The summed E-state index contributed by atoms with van der Waals surface area (Å²) in [5.41, 5.74) is 1.15. The number of ether oxygens (including phenoxy) is 1. The summed E-state index contributed by atoms with van der Waals surface area (Å²) in [5.74, 6) is 1.85. The van der Waals surface area contributed by atoms with Gasteiger partial charge in [0.25, 0.3) is 0 Å². The Balaban J connectivity index is 1.63. The Morgan fingerprint density at radius 3 is 2.95 bits per heavy atom. The lowest BCUT2D eigenvalue weighted by Crippen LogP contribution is -2.16. The van der Waals surface area contributed by atoms with Gasteiger partial charge >= 0.3 is 6.01 Å². The van der Waals surface area contributed by atoms with Crippen molar-refractivity contribution in [2.75, 3.05) is 11.9 Å². The fourth-order valence-electron chi connectivity index (χ4n) is 2.45. The summed E-state index contributed by atoms with van der Waals surface area (Å²) in [5, 5.41) is 7.34. The average molecular weight is 257 g/mol. The van der Waals surface area contributed by atoms with Crippen LogP contribution in [0.3, 0.4) is 0 Å². The Kier molecular flexibility index (Phi) is 2.43. The summed E-state index contributed by atoms with van der Waals surface area (Å²) in [6.07, 6.45) is 3.27. The lowest BCUT2D eigenvalue weighted by Gasteiger charge is -2.23. The van der Waals surface area contributed by atoms with Crippen LogP contribution in [0.15, 0.2) is 28.8 Å². The Bertz CT molecular complexity index is 592. The number of rotatable bonds is 3. The van der Waals surface area contributed by atoms with E-state index in [9.17, 15) is 0 Å². The molecule has 2 aliphatic rings. The zero-order valence-corrected chi connectivity index (χ0v) is 10.5. The Labute approximate surface area is 111 Å². The van der Waals surface area contributed by atoms with Crippen molar-refractivity contribution in [3.05, 3.63) is 35.7 Å². The summed E-state index contributed by atoms with van der Waals surface area (Å²) in [6, 6.07) is 9.13. The molecule has 4 rings (SSSR count). The molecule has 5 nitrogen and oxygen atoms in total. The predicted octanol–water partition coefficient (Wildman–Crippen LogP) is 2.56. The van der Waals surface area contributed by atoms with E-state index >= 15 is 0 Å². The first-order valence-electron chi connectivity index (χ1n) is 6.72. The predicted molar refractivity (Wildman–Crippen MR) is 69.3 cm³/mol. The van der Waals surface area contributed by atoms with Crippen LogP contribution >= 0.6 is 0 Å². The van der Waals surface area contributed by atoms with E-state index in [2.05, 4.69) is 21.5 Å². The molecule has 1 aliphatic heterocycles. The number of aromatic nitrogens is 2. The highest BCUT2D eigenvalue weighted by Gasteiger charge is 2.28. The third kappa shape index (κ3) is 2.05. The van der Waals surface area contributed by atoms with Crippen LogP contribution in [0, 0.1) is 0 Å². The molecule has 1 unspecified atom stereocenters. The van der Waals surface area contributed by atoms with Crippen molar-refractivity contribution >= 4 is 6.01 Å². The van der Waals surface area contributed by atoms with Gasteiger partial charge in [-0.3, -0.25) is 0 Å². The topological polar surface area (TPSA) is 60.2 Å². The van der Waals surface area contributed by atoms with Gasteiger partial charge in [0.05, 0.1) is 12.5 Å². The number of hydrogen-bond acceptors (Lipinski definition) is 5. The molecule has 1 saturated carbocycles. The number of hydrogen-bond donors (Lipinski definition) is 1. The van der Waals surface area contributed by atoms with Crippen molar-refractivity contribution < 1.29 is 9.26 Å². The van der Waals surface area contributed by atoms with E-state index in [4.69, 9.17) is 9.26 Å². The minimum Gasteiger partial charge on any atom is -0.493 e. The van der Waals surface area contributed by atoms with Crippen LogP contribution in [0.5, 0.6) is 5.75 Å². The van der Waals surface area contributed by atoms with E-state index < -0.39 is 0 Å². The largest absolute Gasteiger partial charge is 0.493 e. The Morgan fingerprint density at radius 1 is 1.16 bits per heavy atom. The van der Waals surface area contributed by atoms with Gasteiger partial charge in [-0.25, -0.2) is 0 Å². The third-order valence-electron chi connectivity index (χ3n) is 3.62. The van der Waals surface area contributed by atoms with Crippen LogP contribution in [0.2, 0.25) is 0 Å². The summed E-state index contributed by atoms with van der Waals surface area (Å²) in [6.45, 7) is 0.696. The molecule has 98 valence electrons.